The van der Waals surface area contributed by atoms with Crippen molar-refractivity contribution in [2.75, 3.05) is 7.11 Å². The normalized spacial score (nSPS) is 29.2. The van der Waals surface area contributed by atoms with Crippen LogP contribution in [0.5, 0.6) is 5.75 Å². The molecule has 1 saturated carbocycles. The maximum Gasteiger partial charge on any atom is 0.217 e. The lowest BCUT2D eigenvalue weighted by atomic mass is 9.84. The smallest absolute Gasteiger partial charge is 0.217 e. The monoisotopic (exact) mass is 270 g/mol. The summed E-state index contributed by atoms with van der Waals surface area (Å²) in [6, 6.07) is 9.15. The summed E-state index contributed by atoms with van der Waals surface area (Å²) in [5, 5.41) is 0. The summed E-state index contributed by atoms with van der Waals surface area (Å²) in [7, 11) is 1.67. The van der Waals surface area contributed by atoms with Gasteiger partial charge in [-0.2, -0.15) is 4.57 Å². The van der Waals surface area contributed by atoms with Gasteiger partial charge in [0.25, 0.3) is 0 Å². The topological polar surface area (TPSA) is 13.1 Å². The van der Waals surface area contributed by atoms with E-state index in [9.17, 15) is 4.39 Å². The number of ether oxygens (including phenoxy) is 1. The minimum absolute atomic E-state index is 0.0245. The van der Waals surface area contributed by atoms with Gasteiger partial charge in [0.05, 0.1) is 24.2 Å². The van der Waals surface area contributed by atoms with Crippen molar-refractivity contribution in [3.05, 3.63) is 47.9 Å². The first-order chi connectivity index (χ1) is 9.49. The minimum Gasteiger partial charge on any atom is -0.496 e. The summed E-state index contributed by atoms with van der Waals surface area (Å²) < 4.78 is 21.3. The summed E-state index contributed by atoms with van der Waals surface area (Å²) in [5.41, 5.74) is 3.40. The van der Waals surface area contributed by atoms with Gasteiger partial charge < -0.3 is 4.74 Å². The van der Waals surface area contributed by atoms with Crippen LogP contribution in [0.15, 0.2) is 36.5 Å². The highest BCUT2D eigenvalue weighted by Gasteiger charge is 2.73. The third-order valence-corrected chi connectivity index (χ3v) is 5.31. The van der Waals surface area contributed by atoms with Gasteiger partial charge in [-0.25, -0.2) is 4.39 Å². The predicted molar refractivity (Wildman–Crippen MR) is 74.2 cm³/mol. The first-order valence-electron chi connectivity index (χ1n) is 6.90. The zero-order chi connectivity index (χ0) is 14.1. The molecule has 2 aromatic rings. The Bertz CT molecular complexity index is 742. The molecule has 0 saturated heterocycles. The van der Waals surface area contributed by atoms with E-state index >= 15 is 0 Å². The summed E-state index contributed by atoms with van der Waals surface area (Å²) in [6.07, 6.45) is 3.13. The van der Waals surface area contributed by atoms with E-state index in [0.29, 0.717) is 0 Å². The number of rotatable bonds is 1. The van der Waals surface area contributed by atoms with Crippen molar-refractivity contribution in [1.29, 1.82) is 0 Å². The highest BCUT2D eigenvalue weighted by molar-refractivity contribution is 5.68. The number of nitrogens with zero attached hydrogens (tertiary/aromatic N) is 1. The highest BCUT2D eigenvalue weighted by atomic mass is 19.1. The first-order valence-corrected chi connectivity index (χ1v) is 6.90. The number of benzene rings is 1. The summed E-state index contributed by atoms with van der Waals surface area (Å²) >= 11 is 0. The van der Waals surface area contributed by atoms with Gasteiger partial charge in [-0.15, -0.1) is 0 Å². The maximum absolute atomic E-state index is 13.7. The molecule has 1 fully saturated rings. The average Bonchev–Trinajstić information content (AvgIpc) is 3.03. The first kappa shape index (κ1) is 11.9. The Labute approximate surface area is 117 Å². The summed E-state index contributed by atoms with van der Waals surface area (Å²) in [5.74, 6) is 0.676. The van der Waals surface area contributed by atoms with Crippen LogP contribution in [-0.2, 0) is 11.0 Å². The molecule has 20 heavy (non-hydrogen) atoms. The van der Waals surface area contributed by atoms with Crippen molar-refractivity contribution < 1.29 is 13.7 Å². The fourth-order valence-electron chi connectivity index (χ4n) is 3.82. The highest BCUT2D eigenvalue weighted by Crippen LogP contribution is 2.63. The third kappa shape index (κ3) is 1.21. The third-order valence-electron chi connectivity index (χ3n) is 5.31. The number of hydrogen-bond acceptors (Lipinski definition) is 1. The van der Waals surface area contributed by atoms with Gasteiger partial charge in [0.15, 0.2) is 11.7 Å². The van der Waals surface area contributed by atoms with Crippen LogP contribution in [0.25, 0.3) is 11.3 Å². The molecule has 0 spiro atoms. The number of hydrogen-bond donors (Lipinski definition) is 0. The molecule has 2 unspecified atom stereocenters. The van der Waals surface area contributed by atoms with Crippen molar-refractivity contribution in [3.8, 4) is 17.0 Å². The average molecular weight is 270 g/mol. The summed E-state index contributed by atoms with van der Waals surface area (Å²) in [4.78, 5) is 0. The maximum atomic E-state index is 13.7. The molecule has 1 aromatic heterocycles. The van der Waals surface area contributed by atoms with E-state index in [4.69, 9.17) is 4.74 Å². The fraction of sp³-hybridized carbons (Fsp3) is 0.353. The molecule has 2 heterocycles. The molecular weight excluding hydrogens is 253 g/mol. The Morgan fingerprint density at radius 3 is 2.75 bits per heavy atom. The van der Waals surface area contributed by atoms with Crippen LogP contribution in [0.4, 0.5) is 4.39 Å². The molecular formula is C17H17FNO+. The predicted octanol–water partition coefficient (Wildman–Crippen LogP) is 3.18. The van der Waals surface area contributed by atoms with Crippen LogP contribution >= 0.6 is 0 Å². The quantitative estimate of drug-likeness (QED) is 0.725. The number of halogens is 1. The van der Waals surface area contributed by atoms with Crippen LogP contribution < -0.4 is 9.30 Å². The second-order valence-corrected chi connectivity index (χ2v) is 6.29. The molecule has 1 aromatic carbocycles. The molecule has 0 N–H and O–H groups in total. The van der Waals surface area contributed by atoms with E-state index < -0.39 is 0 Å². The summed E-state index contributed by atoms with van der Waals surface area (Å²) in [6.45, 7) is 4.47. The Hall–Kier alpha value is -1.90. The van der Waals surface area contributed by atoms with Crippen molar-refractivity contribution >= 4 is 0 Å². The van der Waals surface area contributed by atoms with Crippen LogP contribution in [0.2, 0.25) is 0 Å². The number of methoxy groups -OCH3 is 1. The van der Waals surface area contributed by atoms with Gasteiger partial charge in [0.2, 0.25) is 5.69 Å². The molecule has 102 valence electrons. The zero-order valence-electron chi connectivity index (χ0n) is 11.9. The molecule has 1 aliphatic heterocycles. The fourth-order valence-corrected chi connectivity index (χ4v) is 3.82. The van der Waals surface area contributed by atoms with Gasteiger partial charge in [-0.1, -0.05) is 0 Å². The zero-order valence-corrected chi connectivity index (χ0v) is 11.9. The molecule has 0 amide bonds. The van der Waals surface area contributed by atoms with E-state index in [1.54, 1.807) is 13.2 Å². The van der Waals surface area contributed by atoms with Crippen LogP contribution in [0, 0.1) is 5.82 Å². The van der Waals surface area contributed by atoms with Crippen molar-refractivity contribution in [2.24, 2.45) is 0 Å². The molecule has 2 nitrogen and oxygen atoms in total. The molecule has 4 rings (SSSR count). The Balaban J connectivity index is 2.06. The second kappa shape index (κ2) is 3.40. The van der Waals surface area contributed by atoms with Crippen molar-refractivity contribution in [1.82, 2.24) is 0 Å². The lowest BCUT2D eigenvalue weighted by Gasteiger charge is -2.25. The molecule has 2 aliphatic rings. The molecule has 0 radical (unpaired) electrons. The number of aromatic nitrogens is 1. The van der Waals surface area contributed by atoms with Crippen molar-refractivity contribution in [3.63, 3.8) is 0 Å². The van der Waals surface area contributed by atoms with E-state index in [1.165, 1.54) is 6.07 Å². The standard InChI is InChI=1S/C17H17FNO/c1-16-10-17(16,2)19-7-6-12(20-3)9-15(19)13-5-4-11(18)8-14(13)16/h4-9H,10H2,1-3H3/q+1. The van der Waals surface area contributed by atoms with E-state index in [1.807, 2.05) is 18.2 Å². The molecule has 3 heteroatoms. The van der Waals surface area contributed by atoms with Gasteiger partial charge >= 0.3 is 0 Å². The molecule has 0 bridgehead atoms. The van der Waals surface area contributed by atoms with Crippen LogP contribution in [0.1, 0.15) is 25.8 Å². The number of fused-ring (bicyclic) bond motifs is 6. The van der Waals surface area contributed by atoms with Gasteiger partial charge in [-0.05, 0) is 30.7 Å². The second-order valence-electron chi connectivity index (χ2n) is 6.29. The van der Waals surface area contributed by atoms with Crippen LogP contribution in [0.3, 0.4) is 0 Å². The lowest BCUT2D eigenvalue weighted by Crippen LogP contribution is -2.52. The van der Waals surface area contributed by atoms with Gasteiger partial charge in [0.1, 0.15) is 11.6 Å². The minimum atomic E-state index is -0.157. The van der Waals surface area contributed by atoms with E-state index in [-0.39, 0.29) is 16.8 Å². The number of pyridine rings is 1. The Morgan fingerprint density at radius 1 is 1.20 bits per heavy atom. The Morgan fingerprint density at radius 2 is 2.00 bits per heavy atom. The SMILES string of the molecule is COc1cc[n+]2c(c1)-c1ccc(F)cc1C1(C)CC21C. The van der Waals surface area contributed by atoms with Gasteiger partial charge in [0, 0.05) is 19.4 Å². The Kier molecular flexibility index (Phi) is 2.02. The van der Waals surface area contributed by atoms with Gasteiger partial charge in [-0.3, -0.25) is 0 Å². The molecule has 1 aliphatic carbocycles. The van der Waals surface area contributed by atoms with E-state index in [2.05, 4.69) is 24.6 Å². The van der Waals surface area contributed by atoms with Crippen LogP contribution in [-0.4, -0.2) is 7.11 Å². The largest absolute Gasteiger partial charge is 0.496 e. The van der Waals surface area contributed by atoms with E-state index in [0.717, 1.165) is 29.0 Å². The lowest BCUT2D eigenvalue weighted by molar-refractivity contribution is -0.731. The van der Waals surface area contributed by atoms with Crippen molar-refractivity contribution in [2.45, 2.75) is 31.2 Å². The molecule has 2 atom stereocenters.